The van der Waals surface area contributed by atoms with Crippen LogP contribution < -0.4 is 10.1 Å². The van der Waals surface area contributed by atoms with Crippen LogP contribution in [-0.2, 0) is 0 Å². The summed E-state index contributed by atoms with van der Waals surface area (Å²) in [5, 5.41) is 12.0. The smallest absolute Gasteiger partial charge is 0.387 e. The van der Waals surface area contributed by atoms with Gasteiger partial charge in [-0.25, -0.2) is 0 Å². The topological polar surface area (TPSA) is 45.0 Å². The number of rotatable bonds is 4. The highest BCUT2D eigenvalue weighted by Gasteiger charge is 2.10. The minimum absolute atomic E-state index is 0.0166. The first-order valence-corrected chi connectivity index (χ1v) is 5.98. The summed E-state index contributed by atoms with van der Waals surface area (Å²) in [7, 11) is 0. The van der Waals surface area contributed by atoms with Crippen LogP contribution in [0.2, 0.25) is 5.02 Å². The number of nitriles is 1. The van der Waals surface area contributed by atoms with Gasteiger partial charge in [-0.05, 0) is 30.3 Å². The zero-order chi connectivity index (χ0) is 14.5. The van der Waals surface area contributed by atoms with Crippen LogP contribution in [0.5, 0.6) is 5.75 Å². The van der Waals surface area contributed by atoms with Crippen LogP contribution in [0.25, 0.3) is 0 Å². The molecule has 3 nitrogen and oxygen atoms in total. The van der Waals surface area contributed by atoms with Crippen molar-refractivity contribution in [2.45, 2.75) is 6.61 Å². The summed E-state index contributed by atoms with van der Waals surface area (Å²) in [6.07, 6.45) is 0. The van der Waals surface area contributed by atoms with E-state index in [4.69, 9.17) is 16.9 Å². The molecule has 0 saturated carbocycles. The molecule has 0 aliphatic heterocycles. The van der Waals surface area contributed by atoms with Crippen molar-refractivity contribution in [1.82, 2.24) is 0 Å². The van der Waals surface area contributed by atoms with E-state index in [9.17, 15) is 8.78 Å². The lowest BCUT2D eigenvalue weighted by molar-refractivity contribution is -0.0493. The van der Waals surface area contributed by atoms with E-state index >= 15 is 0 Å². The van der Waals surface area contributed by atoms with Gasteiger partial charge in [-0.1, -0.05) is 23.7 Å². The first kappa shape index (κ1) is 14.1. The van der Waals surface area contributed by atoms with Crippen molar-refractivity contribution in [2.75, 3.05) is 5.32 Å². The summed E-state index contributed by atoms with van der Waals surface area (Å²) in [6, 6.07) is 12.9. The monoisotopic (exact) mass is 294 g/mol. The summed E-state index contributed by atoms with van der Waals surface area (Å²) in [4.78, 5) is 0. The number of anilines is 2. The van der Waals surface area contributed by atoms with E-state index in [0.29, 0.717) is 22.0 Å². The average molecular weight is 295 g/mol. The van der Waals surface area contributed by atoms with E-state index in [2.05, 4.69) is 10.1 Å². The number of halogens is 3. The molecule has 0 atom stereocenters. The molecule has 6 heteroatoms. The molecule has 0 spiro atoms. The Kier molecular flexibility index (Phi) is 4.38. The van der Waals surface area contributed by atoms with Crippen molar-refractivity contribution < 1.29 is 13.5 Å². The number of hydrogen-bond donors (Lipinski definition) is 1. The molecule has 0 heterocycles. The van der Waals surface area contributed by atoms with E-state index in [0.717, 1.165) is 0 Å². The predicted molar refractivity (Wildman–Crippen MR) is 72.5 cm³/mol. The summed E-state index contributed by atoms with van der Waals surface area (Å²) in [5.41, 5.74) is 1.27. The number of para-hydroxylation sites is 2. The third kappa shape index (κ3) is 3.37. The molecule has 0 aromatic heterocycles. The van der Waals surface area contributed by atoms with E-state index in [1.165, 1.54) is 12.1 Å². The van der Waals surface area contributed by atoms with Gasteiger partial charge in [0.25, 0.3) is 0 Å². The van der Waals surface area contributed by atoms with Gasteiger partial charge in [-0.15, -0.1) is 0 Å². The van der Waals surface area contributed by atoms with Crippen molar-refractivity contribution in [2.24, 2.45) is 0 Å². The van der Waals surface area contributed by atoms with Gasteiger partial charge in [-0.3, -0.25) is 0 Å². The van der Waals surface area contributed by atoms with Gasteiger partial charge in [0.15, 0.2) is 0 Å². The van der Waals surface area contributed by atoms with Gasteiger partial charge in [-0.2, -0.15) is 14.0 Å². The Morgan fingerprint density at radius 1 is 1.15 bits per heavy atom. The van der Waals surface area contributed by atoms with Crippen molar-refractivity contribution in [1.29, 1.82) is 5.26 Å². The van der Waals surface area contributed by atoms with Gasteiger partial charge < -0.3 is 10.1 Å². The molecule has 0 aliphatic rings. The van der Waals surface area contributed by atoms with Crippen LogP contribution in [-0.4, -0.2) is 6.61 Å². The van der Waals surface area contributed by atoms with Crippen LogP contribution in [0.4, 0.5) is 20.2 Å². The van der Waals surface area contributed by atoms with Gasteiger partial charge in [0.05, 0.1) is 28.0 Å². The van der Waals surface area contributed by atoms with Crippen molar-refractivity contribution in [3.8, 4) is 11.8 Å². The number of nitrogens with zero attached hydrogens (tertiary/aromatic N) is 1. The zero-order valence-corrected chi connectivity index (χ0v) is 10.9. The molecule has 102 valence electrons. The minimum atomic E-state index is -2.91. The maximum absolute atomic E-state index is 12.3. The molecule has 0 amide bonds. The Labute approximate surface area is 119 Å². The highest BCUT2D eigenvalue weighted by atomic mass is 35.5. The number of hydrogen-bond acceptors (Lipinski definition) is 3. The molecule has 0 aliphatic carbocycles. The molecule has 0 bridgehead atoms. The summed E-state index contributed by atoms with van der Waals surface area (Å²) >= 11 is 6.01. The standard InChI is InChI=1S/C14H9ClF2N2O/c15-10-7-9(8-18)5-6-11(10)19-12-3-1-2-4-13(12)20-14(16)17/h1-7,14,19H. The highest BCUT2D eigenvalue weighted by Crippen LogP contribution is 2.32. The molecule has 0 saturated heterocycles. The van der Waals surface area contributed by atoms with Crippen LogP contribution in [0.3, 0.4) is 0 Å². The minimum Gasteiger partial charge on any atom is -0.433 e. The Bertz CT molecular complexity index is 656. The SMILES string of the molecule is N#Cc1ccc(Nc2ccccc2OC(F)F)c(Cl)c1. The second-order valence-electron chi connectivity index (χ2n) is 3.81. The maximum Gasteiger partial charge on any atom is 0.387 e. The first-order chi connectivity index (χ1) is 9.60. The lowest BCUT2D eigenvalue weighted by Crippen LogP contribution is -2.04. The van der Waals surface area contributed by atoms with Crippen LogP contribution in [0.1, 0.15) is 5.56 Å². The van der Waals surface area contributed by atoms with Crippen molar-refractivity contribution in [3.05, 3.63) is 53.1 Å². The maximum atomic E-state index is 12.3. The lowest BCUT2D eigenvalue weighted by Gasteiger charge is -2.13. The second-order valence-corrected chi connectivity index (χ2v) is 4.21. The Balaban J connectivity index is 2.28. The quantitative estimate of drug-likeness (QED) is 0.899. The Morgan fingerprint density at radius 2 is 1.90 bits per heavy atom. The molecule has 1 N–H and O–H groups in total. The number of benzene rings is 2. The molecular formula is C14H9ClF2N2O. The molecule has 2 rings (SSSR count). The molecule has 2 aromatic carbocycles. The van der Waals surface area contributed by atoms with Crippen LogP contribution in [0.15, 0.2) is 42.5 Å². The fourth-order valence-corrected chi connectivity index (χ4v) is 1.83. The van der Waals surface area contributed by atoms with Gasteiger partial charge >= 0.3 is 6.61 Å². The highest BCUT2D eigenvalue weighted by molar-refractivity contribution is 6.33. The van der Waals surface area contributed by atoms with E-state index in [1.54, 1.807) is 30.3 Å². The van der Waals surface area contributed by atoms with Gasteiger partial charge in [0, 0.05) is 0 Å². The molecular weight excluding hydrogens is 286 g/mol. The number of alkyl halides is 2. The third-order valence-electron chi connectivity index (χ3n) is 2.47. The first-order valence-electron chi connectivity index (χ1n) is 5.60. The van der Waals surface area contributed by atoms with E-state index in [1.807, 2.05) is 6.07 Å². The largest absolute Gasteiger partial charge is 0.433 e. The van der Waals surface area contributed by atoms with Gasteiger partial charge in [0.1, 0.15) is 5.75 Å². The fourth-order valence-electron chi connectivity index (χ4n) is 1.60. The molecule has 0 radical (unpaired) electrons. The van der Waals surface area contributed by atoms with E-state index < -0.39 is 6.61 Å². The Morgan fingerprint density at radius 3 is 2.55 bits per heavy atom. The second kappa shape index (κ2) is 6.22. The average Bonchev–Trinajstić information content (AvgIpc) is 2.42. The number of ether oxygens (including phenoxy) is 1. The van der Waals surface area contributed by atoms with Crippen LogP contribution >= 0.6 is 11.6 Å². The summed E-state index contributed by atoms with van der Waals surface area (Å²) in [6.45, 7) is -2.91. The van der Waals surface area contributed by atoms with Crippen molar-refractivity contribution >= 4 is 23.0 Å². The predicted octanol–water partition coefficient (Wildman–Crippen LogP) is 4.56. The normalized spacial score (nSPS) is 10.2. The van der Waals surface area contributed by atoms with Crippen molar-refractivity contribution in [3.63, 3.8) is 0 Å². The summed E-state index contributed by atoms with van der Waals surface area (Å²) in [5.74, 6) is 0.0166. The third-order valence-corrected chi connectivity index (χ3v) is 2.78. The van der Waals surface area contributed by atoms with E-state index in [-0.39, 0.29) is 5.75 Å². The van der Waals surface area contributed by atoms with Crippen LogP contribution in [0, 0.1) is 11.3 Å². The number of nitrogens with one attached hydrogen (secondary N) is 1. The molecule has 0 unspecified atom stereocenters. The summed E-state index contributed by atoms with van der Waals surface area (Å²) < 4.78 is 29.0. The fraction of sp³-hybridized carbons (Fsp3) is 0.0714. The molecule has 0 fully saturated rings. The molecule has 2 aromatic rings. The van der Waals surface area contributed by atoms with Gasteiger partial charge in [0.2, 0.25) is 0 Å². The Hall–Kier alpha value is -2.32. The zero-order valence-electron chi connectivity index (χ0n) is 10.1. The molecule has 20 heavy (non-hydrogen) atoms. The lowest BCUT2D eigenvalue weighted by atomic mass is 10.2.